The van der Waals surface area contributed by atoms with Crippen LogP contribution in [0.4, 0.5) is 28.8 Å². The van der Waals surface area contributed by atoms with Crippen LogP contribution < -0.4 is 20.3 Å². The summed E-state index contributed by atoms with van der Waals surface area (Å²) in [6.07, 6.45) is 5.65. The average molecular weight is 375 g/mol. The molecule has 1 saturated heterocycles. The molecule has 0 atom stereocenters. The molecule has 0 unspecified atom stereocenters. The van der Waals surface area contributed by atoms with E-state index in [9.17, 15) is 0 Å². The molecule has 144 valence electrons. The van der Waals surface area contributed by atoms with Crippen molar-refractivity contribution >= 4 is 28.8 Å². The molecule has 6 nitrogen and oxygen atoms in total. The van der Waals surface area contributed by atoms with E-state index in [1.165, 1.54) is 24.9 Å². The van der Waals surface area contributed by atoms with E-state index in [1.807, 2.05) is 30.3 Å². The fourth-order valence-corrected chi connectivity index (χ4v) is 3.35. The van der Waals surface area contributed by atoms with Crippen LogP contribution in [-0.2, 0) is 0 Å². The predicted octanol–water partition coefficient (Wildman–Crippen LogP) is 4.96. The van der Waals surface area contributed by atoms with E-state index in [1.54, 1.807) is 13.3 Å². The van der Waals surface area contributed by atoms with Gasteiger partial charge < -0.3 is 20.3 Å². The van der Waals surface area contributed by atoms with Gasteiger partial charge in [0.15, 0.2) is 0 Å². The van der Waals surface area contributed by atoms with Crippen LogP contribution >= 0.6 is 0 Å². The highest BCUT2D eigenvalue weighted by atomic mass is 16.5. The minimum Gasteiger partial charge on any atom is -0.497 e. The van der Waals surface area contributed by atoms with Gasteiger partial charge in [0, 0.05) is 36.3 Å². The zero-order valence-corrected chi connectivity index (χ0v) is 16.1. The van der Waals surface area contributed by atoms with E-state index in [2.05, 4.69) is 49.8 Å². The molecular weight excluding hydrogens is 350 g/mol. The van der Waals surface area contributed by atoms with Crippen molar-refractivity contribution in [2.45, 2.75) is 19.3 Å². The highest BCUT2D eigenvalue weighted by Gasteiger charge is 2.10. The molecule has 2 N–H and O–H groups in total. The molecule has 2 heterocycles. The molecular formula is C22H25N5O. The molecule has 4 rings (SSSR count). The molecule has 2 aromatic carbocycles. The van der Waals surface area contributed by atoms with Crippen LogP contribution in [0.15, 0.2) is 60.8 Å². The van der Waals surface area contributed by atoms with Gasteiger partial charge in [-0.3, -0.25) is 0 Å². The van der Waals surface area contributed by atoms with Crippen LogP contribution in [0.1, 0.15) is 19.3 Å². The summed E-state index contributed by atoms with van der Waals surface area (Å²) in [5.41, 5.74) is 3.20. The van der Waals surface area contributed by atoms with Crippen molar-refractivity contribution in [3.8, 4) is 5.75 Å². The van der Waals surface area contributed by atoms with Crippen molar-refractivity contribution in [1.82, 2.24) is 9.97 Å². The van der Waals surface area contributed by atoms with Crippen LogP contribution in [0.3, 0.4) is 0 Å². The highest BCUT2D eigenvalue weighted by Crippen LogP contribution is 2.24. The maximum atomic E-state index is 5.18. The number of hydrogen-bond acceptors (Lipinski definition) is 6. The number of piperidine rings is 1. The summed E-state index contributed by atoms with van der Waals surface area (Å²) < 4.78 is 5.18. The quantitative estimate of drug-likeness (QED) is 0.635. The van der Waals surface area contributed by atoms with Gasteiger partial charge in [-0.1, -0.05) is 0 Å². The van der Waals surface area contributed by atoms with Crippen LogP contribution in [0.25, 0.3) is 0 Å². The first kappa shape index (κ1) is 18.1. The number of nitrogens with zero attached hydrogens (tertiary/aromatic N) is 3. The second-order valence-electron chi connectivity index (χ2n) is 6.84. The Bertz CT molecular complexity index is 890. The lowest BCUT2D eigenvalue weighted by atomic mass is 10.1. The fraction of sp³-hybridized carbons (Fsp3) is 0.273. The van der Waals surface area contributed by atoms with E-state index in [0.717, 1.165) is 36.0 Å². The molecule has 0 radical (unpaired) electrons. The first-order valence-electron chi connectivity index (χ1n) is 9.66. The molecule has 1 aromatic heterocycles. The third-order valence-corrected chi connectivity index (χ3v) is 4.86. The van der Waals surface area contributed by atoms with Gasteiger partial charge in [0.2, 0.25) is 5.95 Å². The molecule has 0 amide bonds. The van der Waals surface area contributed by atoms with E-state index in [0.29, 0.717) is 5.95 Å². The fourth-order valence-electron chi connectivity index (χ4n) is 3.35. The summed E-state index contributed by atoms with van der Waals surface area (Å²) in [6.45, 7) is 2.30. The Morgan fingerprint density at radius 2 is 1.50 bits per heavy atom. The van der Waals surface area contributed by atoms with Crippen LogP contribution in [0.2, 0.25) is 0 Å². The van der Waals surface area contributed by atoms with Crippen molar-refractivity contribution < 1.29 is 4.74 Å². The molecule has 28 heavy (non-hydrogen) atoms. The Kier molecular flexibility index (Phi) is 5.56. The molecule has 0 spiro atoms. The number of anilines is 5. The Labute approximate surface area is 165 Å². The molecule has 0 saturated carbocycles. The standard InChI is InChI=1S/C22H25N5O/c1-28-20-11-7-18(8-12-20)25-22-23-14-13-21(26-22)24-17-5-9-19(10-6-17)27-15-3-2-4-16-27/h5-14H,2-4,15-16H2,1H3,(H2,23,24,25,26). The van der Waals surface area contributed by atoms with E-state index in [4.69, 9.17) is 4.74 Å². The number of benzene rings is 2. The van der Waals surface area contributed by atoms with Gasteiger partial charge in [-0.05, 0) is 73.9 Å². The molecule has 1 fully saturated rings. The summed E-state index contributed by atoms with van der Waals surface area (Å²) in [4.78, 5) is 11.3. The maximum Gasteiger partial charge on any atom is 0.229 e. The maximum absolute atomic E-state index is 5.18. The zero-order valence-electron chi connectivity index (χ0n) is 16.1. The predicted molar refractivity (Wildman–Crippen MR) is 114 cm³/mol. The van der Waals surface area contributed by atoms with E-state index < -0.39 is 0 Å². The third kappa shape index (κ3) is 4.52. The molecule has 1 aliphatic heterocycles. The second kappa shape index (κ2) is 8.61. The Morgan fingerprint density at radius 3 is 2.21 bits per heavy atom. The number of methoxy groups -OCH3 is 1. The monoisotopic (exact) mass is 375 g/mol. The molecule has 1 aliphatic rings. The van der Waals surface area contributed by atoms with Crippen molar-refractivity contribution in [3.63, 3.8) is 0 Å². The number of ether oxygens (including phenoxy) is 1. The largest absolute Gasteiger partial charge is 0.497 e. The topological polar surface area (TPSA) is 62.3 Å². The minimum absolute atomic E-state index is 0.542. The first-order valence-corrected chi connectivity index (χ1v) is 9.66. The molecule has 3 aromatic rings. The van der Waals surface area contributed by atoms with E-state index >= 15 is 0 Å². The number of nitrogens with one attached hydrogen (secondary N) is 2. The minimum atomic E-state index is 0.542. The second-order valence-corrected chi connectivity index (χ2v) is 6.84. The SMILES string of the molecule is COc1ccc(Nc2nccc(Nc3ccc(N4CCCCC4)cc3)n2)cc1. The van der Waals surface area contributed by atoms with Crippen molar-refractivity contribution in [3.05, 3.63) is 60.8 Å². The summed E-state index contributed by atoms with van der Waals surface area (Å²) in [5, 5.41) is 6.56. The van der Waals surface area contributed by atoms with Crippen molar-refractivity contribution in [2.24, 2.45) is 0 Å². The van der Waals surface area contributed by atoms with Crippen molar-refractivity contribution in [2.75, 3.05) is 35.7 Å². The summed E-state index contributed by atoms with van der Waals surface area (Å²) in [7, 11) is 1.65. The van der Waals surface area contributed by atoms with Gasteiger partial charge in [-0.15, -0.1) is 0 Å². The molecule has 0 aliphatic carbocycles. The van der Waals surface area contributed by atoms with Crippen LogP contribution in [-0.4, -0.2) is 30.2 Å². The zero-order chi connectivity index (χ0) is 19.2. The van der Waals surface area contributed by atoms with Crippen LogP contribution in [0.5, 0.6) is 5.75 Å². The van der Waals surface area contributed by atoms with E-state index in [-0.39, 0.29) is 0 Å². The lowest BCUT2D eigenvalue weighted by Gasteiger charge is -2.28. The lowest BCUT2D eigenvalue weighted by molar-refractivity contribution is 0.415. The Hall–Kier alpha value is -3.28. The van der Waals surface area contributed by atoms with Gasteiger partial charge in [-0.2, -0.15) is 4.98 Å². The lowest BCUT2D eigenvalue weighted by Crippen LogP contribution is -2.29. The highest BCUT2D eigenvalue weighted by molar-refractivity contribution is 5.62. The molecule has 6 heteroatoms. The van der Waals surface area contributed by atoms with Gasteiger partial charge in [0.25, 0.3) is 0 Å². The average Bonchev–Trinajstić information content (AvgIpc) is 2.76. The first-order chi connectivity index (χ1) is 13.8. The summed E-state index contributed by atoms with van der Waals surface area (Å²) in [6, 6.07) is 18.1. The van der Waals surface area contributed by atoms with Gasteiger partial charge in [0.1, 0.15) is 11.6 Å². The van der Waals surface area contributed by atoms with Crippen LogP contribution in [0, 0.1) is 0 Å². The molecule has 0 bridgehead atoms. The third-order valence-electron chi connectivity index (χ3n) is 4.86. The van der Waals surface area contributed by atoms with Gasteiger partial charge in [0.05, 0.1) is 7.11 Å². The number of hydrogen-bond donors (Lipinski definition) is 2. The summed E-state index contributed by atoms with van der Waals surface area (Å²) in [5.74, 6) is 2.10. The normalized spacial score (nSPS) is 13.8. The van der Waals surface area contributed by atoms with Gasteiger partial charge >= 0.3 is 0 Å². The Balaban J connectivity index is 1.41. The van der Waals surface area contributed by atoms with Crippen molar-refractivity contribution in [1.29, 1.82) is 0 Å². The summed E-state index contributed by atoms with van der Waals surface area (Å²) >= 11 is 0. The number of aromatic nitrogens is 2. The van der Waals surface area contributed by atoms with Gasteiger partial charge in [-0.25, -0.2) is 4.98 Å². The number of rotatable bonds is 6. The Morgan fingerprint density at radius 1 is 0.821 bits per heavy atom. The smallest absolute Gasteiger partial charge is 0.229 e.